The van der Waals surface area contributed by atoms with Gasteiger partial charge in [0.05, 0.1) is 17.1 Å². The Morgan fingerprint density at radius 2 is 1.68 bits per heavy atom. The molecule has 0 amide bonds. The van der Waals surface area contributed by atoms with Gasteiger partial charge in [-0.05, 0) is 79.3 Å². The van der Waals surface area contributed by atoms with Crippen LogP contribution in [0.2, 0.25) is 0 Å². The maximum atomic E-state index is 13.8. The van der Waals surface area contributed by atoms with E-state index in [1.165, 1.54) is 11.1 Å². The molecule has 0 radical (unpaired) electrons. The van der Waals surface area contributed by atoms with E-state index in [1.54, 1.807) is 7.11 Å². The third-order valence-electron chi connectivity index (χ3n) is 8.56. The third kappa shape index (κ3) is 5.67. The van der Waals surface area contributed by atoms with E-state index < -0.39 is 32.5 Å². The van der Waals surface area contributed by atoms with Crippen molar-refractivity contribution in [1.82, 2.24) is 9.21 Å². The Kier molecular flexibility index (Phi) is 8.31. The lowest BCUT2D eigenvalue weighted by atomic mass is 9.74. The van der Waals surface area contributed by atoms with Gasteiger partial charge in [-0.1, -0.05) is 42.5 Å². The minimum Gasteiger partial charge on any atom is -0.383 e. The van der Waals surface area contributed by atoms with Gasteiger partial charge in [-0.25, -0.2) is 12.8 Å². The van der Waals surface area contributed by atoms with Crippen LogP contribution >= 0.6 is 0 Å². The van der Waals surface area contributed by atoms with Gasteiger partial charge >= 0.3 is 6.18 Å². The van der Waals surface area contributed by atoms with Gasteiger partial charge in [-0.2, -0.15) is 17.5 Å². The van der Waals surface area contributed by atoms with Crippen molar-refractivity contribution in [3.63, 3.8) is 0 Å². The maximum Gasteiger partial charge on any atom is 0.417 e. The van der Waals surface area contributed by atoms with Gasteiger partial charge in [-0.15, -0.1) is 0 Å². The summed E-state index contributed by atoms with van der Waals surface area (Å²) in [7, 11) is -2.93. The summed E-state index contributed by atoms with van der Waals surface area (Å²) in [5.74, 6) is -1.21. The first kappa shape index (κ1) is 29.7. The van der Waals surface area contributed by atoms with Crippen molar-refractivity contribution in [3.8, 4) is 11.1 Å². The molecular formula is C31H34F4N2O3S. The molecular weight excluding hydrogens is 556 g/mol. The molecule has 0 aromatic heterocycles. The quantitative estimate of drug-likeness (QED) is 0.312. The molecule has 41 heavy (non-hydrogen) atoms. The van der Waals surface area contributed by atoms with Crippen LogP contribution in [0.5, 0.6) is 0 Å². The maximum absolute atomic E-state index is 13.8. The third-order valence-corrected chi connectivity index (χ3v) is 10.5. The molecule has 2 fully saturated rings. The largest absolute Gasteiger partial charge is 0.417 e. The first-order valence-corrected chi connectivity index (χ1v) is 15.2. The number of halogens is 4. The number of nitrogens with zero attached hydrogens (tertiary/aromatic N) is 2. The summed E-state index contributed by atoms with van der Waals surface area (Å²) in [6.45, 7) is 5.47. The summed E-state index contributed by atoms with van der Waals surface area (Å²) in [6.07, 6.45) is -3.82. The van der Waals surface area contributed by atoms with E-state index >= 15 is 0 Å². The number of fused-ring (bicyclic) bond motifs is 1. The van der Waals surface area contributed by atoms with Crippen LogP contribution in [-0.4, -0.2) is 63.1 Å². The zero-order valence-electron chi connectivity index (χ0n) is 23.3. The zero-order chi connectivity index (χ0) is 29.5. The molecule has 0 saturated carbocycles. The standard InChI is InChI=1S/C31H34F4N2O3S/c1-20-7-6-8-25(21(20)2)22-9-11-23(12-10-22)30-27-18-36(15-4-5-16-37(27)28(30)19-40-3)41(38,39)29-14-13-24(32)17-26(29)31(33,34)35/h6-14,17,27-28,30H,4-5,15-16,18-19H2,1-3H3/t27-,28+,30?/m0/s1. The lowest BCUT2D eigenvalue weighted by molar-refractivity contribution is -0.140. The van der Waals surface area contributed by atoms with Crippen LogP contribution in [0.4, 0.5) is 17.6 Å². The summed E-state index contributed by atoms with van der Waals surface area (Å²) in [6, 6.07) is 15.9. The first-order valence-electron chi connectivity index (χ1n) is 13.7. The van der Waals surface area contributed by atoms with Crippen molar-refractivity contribution >= 4 is 10.0 Å². The van der Waals surface area contributed by atoms with Crippen LogP contribution in [0, 0.1) is 19.7 Å². The number of benzene rings is 3. The molecule has 3 aromatic carbocycles. The second kappa shape index (κ2) is 11.5. The monoisotopic (exact) mass is 590 g/mol. The molecule has 5 rings (SSSR count). The Hall–Kier alpha value is -2.79. The Bertz CT molecular complexity index is 1510. The molecule has 220 valence electrons. The number of methoxy groups -OCH3 is 1. The molecule has 3 atom stereocenters. The van der Waals surface area contributed by atoms with Crippen LogP contribution in [-0.2, 0) is 20.9 Å². The molecule has 2 heterocycles. The van der Waals surface area contributed by atoms with Gasteiger partial charge in [0, 0.05) is 38.2 Å². The topological polar surface area (TPSA) is 49.9 Å². The lowest BCUT2D eigenvalue weighted by Crippen LogP contribution is -2.68. The summed E-state index contributed by atoms with van der Waals surface area (Å²) in [5.41, 5.74) is 4.16. The van der Waals surface area contributed by atoms with E-state index in [4.69, 9.17) is 4.74 Å². The number of hydrogen-bond donors (Lipinski definition) is 0. The van der Waals surface area contributed by atoms with Crippen molar-refractivity contribution in [1.29, 1.82) is 0 Å². The number of rotatable bonds is 6. The molecule has 0 spiro atoms. The van der Waals surface area contributed by atoms with Crippen LogP contribution in [0.3, 0.4) is 0 Å². The summed E-state index contributed by atoms with van der Waals surface area (Å²) in [5, 5.41) is 0. The van der Waals surface area contributed by atoms with E-state index in [0.29, 0.717) is 19.4 Å². The van der Waals surface area contributed by atoms with Crippen molar-refractivity contribution in [3.05, 3.63) is 88.7 Å². The minimum absolute atomic E-state index is 0.00997. The Morgan fingerprint density at radius 3 is 2.37 bits per heavy atom. The van der Waals surface area contributed by atoms with E-state index in [0.717, 1.165) is 39.7 Å². The van der Waals surface area contributed by atoms with Crippen molar-refractivity contribution < 1.29 is 30.7 Å². The van der Waals surface area contributed by atoms with Gasteiger partial charge in [0.1, 0.15) is 5.82 Å². The van der Waals surface area contributed by atoms with Gasteiger partial charge in [0.25, 0.3) is 0 Å². The predicted octanol–water partition coefficient (Wildman–Crippen LogP) is 6.40. The molecule has 2 saturated heterocycles. The fourth-order valence-corrected chi connectivity index (χ4v) is 8.00. The highest BCUT2D eigenvalue weighted by Gasteiger charge is 2.51. The average Bonchev–Trinajstić information content (AvgIpc) is 2.91. The SMILES string of the molecule is COC[C@@H]1C(c2ccc(-c3cccc(C)c3C)cc2)[C@@H]2CN(S(=O)(=O)c3ccc(F)cc3C(F)(F)F)CCCCN12. The Balaban J connectivity index is 1.48. The summed E-state index contributed by atoms with van der Waals surface area (Å²) >= 11 is 0. The lowest BCUT2D eigenvalue weighted by Gasteiger charge is -2.57. The van der Waals surface area contributed by atoms with Crippen molar-refractivity contribution in [2.75, 3.05) is 33.4 Å². The first-order chi connectivity index (χ1) is 19.4. The minimum atomic E-state index is -5.01. The van der Waals surface area contributed by atoms with Gasteiger partial charge < -0.3 is 4.74 Å². The fourth-order valence-electron chi connectivity index (χ4n) is 6.32. The molecule has 1 unspecified atom stereocenters. The van der Waals surface area contributed by atoms with Gasteiger partial charge in [0.2, 0.25) is 10.0 Å². The van der Waals surface area contributed by atoms with Crippen molar-refractivity contribution in [2.45, 2.75) is 55.8 Å². The second-order valence-corrected chi connectivity index (χ2v) is 12.8. The van der Waals surface area contributed by atoms with Gasteiger partial charge in [-0.3, -0.25) is 4.90 Å². The summed E-state index contributed by atoms with van der Waals surface area (Å²) < 4.78 is 89.1. The molecule has 3 aromatic rings. The van der Waals surface area contributed by atoms with Crippen molar-refractivity contribution in [2.24, 2.45) is 0 Å². The highest BCUT2D eigenvalue weighted by atomic mass is 32.2. The predicted molar refractivity (Wildman–Crippen MR) is 150 cm³/mol. The molecule has 10 heteroatoms. The van der Waals surface area contributed by atoms with E-state index in [2.05, 4.69) is 55.1 Å². The Morgan fingerprint density at radius 1 is 0.976 bits per heavy atom. The van der Waals surface area contributed by atoms with E-state index in [-0.39, 0.29) is 37.2 Å². The highest BCUT2D eigenvalue weighted by Crippen LogP contribution is 2.44. The molecule has 2 aliphatic heterocycles. The van der Waals surface area contributed by atoms with Crippen LogP contribution in [0.15, 0.2) is 65.6 Å². The summed E-state index contributed by atoms with van der Waals surface area (Å²) in [4.78, 5) is 1.30. The number of aryl methyl sites for hydroxylation is 1. The molecule has 0 aliphatic carbocycles. The van der Waals surface area contributed by atoms with E-state index in [9.17, 15) is 26.0 Å². The number of hydrogen-bond acceptors (Lipinski definition) is 4. The second-order valence-electron chi connectivity index (χ2n) is 10.9. The smallest absolute Gasteiger partial charge is 0.383 e. The van der Waals surface area contributed by atoms with E-state index in [1.807, 2.05) is 6.07 Å². The molecule has 0 bridgehead atoms. The number of alkyl halides is 3. The normalized spacial score (nSPS) is 22.5. The fraction of sp³-hybridized carbons (Fsp3) is 0.419. The number of sulfonamides is 1. The van der Waals surface area contributed by atoms with Crippen LogP contribution in [0.1, 0.15) is 41.0 Å². The zero-order valence-corrected chi connectivity index (χ0v) is 24.1. The Labute approximate surface area is 238 Å². The molecule has 2 aliphatic rings. The molecule has 0 N–H and O–H groups in total. The van der Waals surface area contributed by atoms with Crippen LogP contribution in [0.25, 0.3) is 11.1 Å². The highest BCUT2D eigenvalue weighted by molar-refractivity contribution is 7.89. The van der Waals surface area contributed by atoms with Gasteiger partial charge in [0.15, 0.2) is 0 Å². The van der Waals surface area contributed by atoms with Crippen LogP contribution < -0.4 is 0 Å². The average molecular weight is 591 g/mol. The number of ether oxygens (including phenoxy) is 1. The molecule has 5 nitrogen and oxygen atoms in total.